The molecule has 1 aliphatic carbocycles. The van der Waals surface area contributed by atoms with Crippen molar-refractivity contribution in [3.8, 4) is 0 Å². The Morgan fingerprint density at radius 3 is 2.76 bits per heavy atom. The summed E-state index contributed by atoms with van der Waals surface area (Å²) in [7, 11) is 0. The number of hydrogen-bond acceptors (Lipinski definition) is 1. The molecule has 1 saturated carbocycles. The summed E-state index contributed by atoms with van der Waals surface area (Å²) in [5, 5.41) is 3.55. The van der Waals surface area contributed by atoms with Crippen molar-refractivity contribution in [3.63, 3.8) is 0 Å². The summed E-state index contributed by atoms with van der Waals surface area (Å²) in [6.07, 6.45) is 4.95. The van der Waals surface area contributed by atoms with Gasteiger partial charge in [0.25, 0.3) is 0 Å². The van der Waals surface area contributed by atoms with Crippen LogP contribution >= 0.6 is 15.9 Å². The Hall–Kier alpha value is -0.410. The zero-order valence-corrected chi connectivity index (χ0v) is 11.8. The molecular formula is C14H19BrFN. The lowest BCUT2D eigenvalue weighted by atomic mass is 9.77. The first-order chi connectivity index (χ1) is 8.22. The molecule has 1 aromatic rings. The van der Waals surface area contributed by atoms with Crippen molar-refractivity contribution in [2.24, 2.45) is 5.92 Å². The maximum atomic E-state index is 13.6. The molecule has 1 aliphatic rings. The van der Waals surface area contributed by atoms with E-state index in [2.05, 4.69) is 28.2 Å². The molecule has 2 rings (SSSR count). The first-order valence-electron chi connectivity index (χ1n) is 6.40. The second kappa shape index (κ2) is 5.96. The molecule has 1 nitrogen and oxygen atoms in total. The molecule has 0 spiro atoms. The van der Waals surface area contributed by atoms with Crippen molar-refractivity contribution in [1.82, 2.24) is 5.32 Å². The lowest BCUT2D eigenvalue weighted by Crippen LogP contribution is -2.32. The van der Waals surface area contributed by atoms with E-state index in [1.54, 1.807) is 6.07 Å². The van der Waals surface area contributed by atoms with Crippen molar-refractivity contribution < 1.29 is 4.39 Å². The molecule has 17 heavy (non-hydrogen) atoms. The van der Waals surface area contributed by atoms with Crippen LogP contribution in [0.3, 0.4) is 0 Å². The summed E-state index contributed by atoms with van der Waals surface area (Å²) in [5.74, 6) is 0.521. The Morgan fingerprint density at radius 2 is 2.24 bits per heavy atom. The Bertz CT molecular complexity index is 376. The van der Waals surface area contributed by atoms with Crippen molar-refractivity contribution in [1.29, 1.82) is 0 Å². The second-order valence-electron chi connectivity index (χ2n) is 4.80. The van der Waals surface area contributed by atoms with E-state index in [1.807, 2.05) is 12.1 Å². The first-order valence-corrected chi connectivity index (χ1v) is 7.20. The van der Waals surface area contributed by atoms with E-state index >= 15 is 0 Å². The lowest BCUT2D eigenvalue weighted by molar-refractivity contribution is 0.231. The maximum absolute atomic E-state index is 13.6. The van der Waals surface area contributed by atoms with Gasteiger partial charge in [0.1, 0.15) is 5.82 Å². The molecule has 1 unspecified atom stereocenters. The number of hydrogen-bond donors (Lipinski definition) is 1. The van der Waals surface area contributed by atoms with Crippen LogP contribution in [0.5, 0.6) is 0 Å². The number of rotatable bonds is 5. The molecule has 0 aliphatic heterocycles. The van der Waals surface area contributed by atoms with E-state index in [4.69, 9.17) is 0 Å². The third-order valence-electron chi connectivity index (χ3n) is 3.54. The van der Waals surface area contributed by atoms with Crippen molar-refractivity contribution in [2.45, 2.75) is 38.6 Å². The Balaban J connectivity index is 2.15. The van der Waals surface area contributed by atoms with Gasteiger partial charge in [0.15, 0.2) is 0 Å². The monoisotopic (exact) mass is 299 g/mol. The molecule has 0 bridgehead atoms. The van der Waals surface area contributed by atoms with Gasteiger partial charge in [-0.2, -0.15) is 0 Å². The van der Waals surface area contributed by atoms with Crippen LogP contribution in [0.2, 0.25) is 0 Å². The Morgan fingerprint density at radius 1 is 1.47 bits per heavy atom. The average Bonchev–Trinajstić information content (AvgIpc) is 2.25. The third-order valence-corrected chi connectivity index (χ3v) is 4.18. The van der Waals surface area contributed by atoms with Gasteiger partial charge in [-0.15, -0.1) is 0 Å². The predicted molar refractivity (Wildman–Crippen MR) is 72.5 cm³/mol. The largest absolute Gasteiger partial charge is 0.310 e. The third kappa shape index (κ3) is 3.08. The predicted octanol–water partition coefficient (Wildman–Crippen LogP) is 4.43. The second-order valence-corrected chi connectivity index (χ2v) is 5.65. The Labute approximate surface area is 111 Å². The Kier molecular flexibility index (Phi) is 4.57. The van der Waals surface area contributed by atoms with Gasteiger partial charge in [0, 0.05) is 6.04 Å². The minimum Gasteiger partial charge on any atom is -0.310 e. The van der Waals surface area contributed by atoms with Gasteiger partial charge in [0.05, 0.1) is 4.47 Å². The van der Waals surface area contributed by atoms with Crippen LogP contribution < -0.4 is 5.32 Å². The molecule has 3 heteroatoms. The zero-order valence-electron chi connectivity index (χ0n) is 10.2. The van der Waals surface area contributed by atoms with Crippen LogP contribution in [-0.2, 0) is 0 Å². The van der Waals surface area contributed by atoms with Gasteiger partial charge >= 0.3 is 0 Å². The normalized spacial score (nSPS) is 17.8. The molecule has 1 atom stereocenters. The van der Waals surface area contributed by atoms with E-state index in [0.717, 1.165) is 18.5 Å². The fourth-order valence-electron chi connectivity index (χ4n) is 2.34. The van der Waals surface area contributed by atoms with E-state index in [1.165, 1.54) is 19.3 Å². The highest BCUT2D eigenvalue weighted by Gasteiger charge is 2.28. The molecule has 1 N–H and O–H groups in total. The molecule has 0 heterocycles. The molecule has 0 amide bonds. The lowest BCUT2D eigenvalue weighted by Gasteiger charge is -2.35. The quantitative estimate of drug-likeness (QED) is 0.848. The molecular weight excluding hydrogens is 281 g/mol. The van der Waals surface area contributed by atoms with E-state index in [9.17, 15) is 4.39 Å². The molecule has 1 fully saturated rings. The van der Waals surface area contributed by atoms with Gasteiger partial charge in [-0.25, -0.2) is 4.39 Å². The fraction of sp³-hybridized carbons (Fsp3) is 0.571. The minimum absolute atomic E-state index is 0.162. The summed E-state index contributed by atoms with van der Waals surface area (Å²) < 4.78 is 14.1. The number of nitrogens with one attached hydrogen (secondary N) is 1. The van der Waals surface area contributed by atoms with Crippen LogP contribution in [0.4, 0.5) is 4.39 Å². The van der Waals surface area contributed by atoms with E-state index in [0.29, 0.717) is 16.4 Å². The molecule has 94 valence electrons. The molecule has 0 aromatic heterocycles. The van der Waals surface area contributed by atoms with E-state index in [-0.39, 0.29) is 5.82 Å². The standard InChI is InChI=1S/C14H19BrFN/c1-2-8-17-14(10-4-3-5-10)11-6-7-12(15)13(16)9-11/h6-7,9-10,14,17H,2-5,8H2,1H3. The topological polar surface area (TPSA) is 12.0 Å². The van der Waals surface area contributed by atoms with Crippen molar-refractivity contribution in [3.05, 3.63) is 34.1 Å². The van der Waals surface area contributed by atoms with Crippen LogP contribution in [-0.4, -0.2) is 6.54 Å². The highest BCUT2D eigenvalue weighted by atomic mass is 79.9. The van der Waals surface area contributed by atoms with Crippen molar-refractivity contribution >= 4 is 15.9 Å². The highest BCUT2D eigenvalue weighted by molar-refractivity contribution is 9.10. The van der Waals surface area contributed by atoms with E-state index < -0.39 is 0 Å². The van der Waals surface area contributed by atoms with Gasteiger partial charge in [-0.3, -0.25) is 0 Å². The molecule has 1 aromatic carbocycles. The summed E-state index contributed by atoms with van der Waals surface area (Å²) in [6, 6.07) is 5.82. The summed E-state index contributed by atoms with van der Waals surface area (Å²) in [4.78, 5) is 0. The van der Waals surface area contributed by atoms with Gasteiger partial charge < -0.3 is 5.32 Å². The van der Waals surface area contributed by atoms with Crippen LogP contribution in [0, 0.1) is 11.7 Å². The maximum Gasteiger partial charge on any atom is 0.137 e. The number of halogens is 2. The summed E-state index contributed by atoms with van der Waals surface area (Å²) in [6.45, 7) is 3.16. The van der Waals surface area contributed by atoms with Gasteiger partial charge in [0.2, 0.25) is 0 Å². The minimum atomic E-state index is -0.162. The van der Waals surface area contributed by atoms with Gasteiger partial charge in [-0.05, 0) is 65.4 Å². The van der Waals surface area contributed by atoms with Crippen LogP contribution in [0.15, 0.2) is 22.7 Å². The molecule has 0 saturated heterocycles. The van der Waals surface area contributed by atoms with Crippen molar-refractivity contribution in [2.75, 3.05) is 6.54 Å². The van der Waals surface area contributed by atoms with Gasteiger partial charge in [-0.1, -0.05) is 19.4 Å². The number of benzene rings is 1. The SMILES string of the molecule is CCCNC(c1ccc(Br)c(F)c1)C1CCC1. The fourth-order valence-corrected chi connectivity index (χ4v) is 2.58. The summed E-state index contributed by atoms with van der Waals surface area (Å²) >= 11 is 3.20. The summed E-state index contributed by atoms with van der Waals surface area (Å²) in [5.41, 5.74) is 1.09. The highest BCUT2D eigenvalue weighted by Crippen LogP contribution is 2.38. The van der Waals surface area contributed by atoms with Crippen LogP contribution in [0.25, 0.3) is 0 Å². The zero-order chi connectivity index (χ0) is 12.3. The molecule has 0 radical (unpaired) electrons. The first kappa shape index (κ1) is 13.0. The van der Waals surface area contributed by atoms with Crippen LogP contribution in [0.1, 0.15) is 44.2 Å². The average molecular weight is 300 g/mol. The smallest absolute Gasteiger partial charge is 0.137 e.